The normalized spacial score (nSPS) is 26.3. The van der Waals surface area contributed by atoms with Crippen molar-refractivity contribution in [2.75, 3.05) is 6.61 Å². The summed E-state index contributed by atoms with van der Waals surface area (Å²) in [5, 5.41) is 18.9. The molecular weight excluding hydrogens is 438 g/mol. The highest BCUT2D eigenvalue weighted by molar-refractivity contribution is 7.81. The predicted octanol–water partition coefficient (Wildman–Crippen LogP) is 0.515. The van der Waals surface area contributed by atoms with Crippen molar-refractivity contribution in [2.24, 2.45) is 5.41 Å². The lowest BCUT2D eigenvalue weighted by Crippen LogP contribution is -2.72. The van der Waals surface area contributed by atoms with Gasteiger partial charge in [0.2, 0.25) is 5.91 Å². The lowest BCUT2D eigenvalue weighted by Gasteiger charge is -2.45. The number of nitrogens with one attached hydrogen (secondary N) is 1. The van der Waals surface area contributed by atoms with Crippen molar-refractivity contribution in [1.29, 1.82) is 0 Å². The molecule has 12 heteroatoms. The molecule has 4 atom stereocenters. The zero-order chi connectivity index (χ0) is 23.8. The number of β-lactam (4-membered cyclic amide) rings is 1. The topological polar surface area (TPSA) is 136 Å². The Bertz CT molecular complexity index is 882. The van der Waals surface area contributed by atoms with Crippen molar-refractivity contribution in [2.45, 2.75) is 83.2 Å². The van der Waals surface area contributed by atoms with Crippen molar-refractivity contribution in [3.63, 3.8) is 0 Å². The van der Waals surface area contributed by atoms with E-state index in [1.165, 1.54) is 4.90 Å². The number of hydrogen-bond donors (Lipinski definition) is 3. The molecule has 1 aromatic rings. The SMILES string of the molecule is CC(C)(C)OC(=O)N[C@H]1C(=O)N2[C@H]1C(S)C(C)(C)[C@H]2C(=O)OCCCn1cc(CO)nn1. The Kier molecular flexibility index (Phi) is 6.75. The molecule has 3 heterocycles. The Balaban J connectivity index is 1.58. The van der Waals surface area contributed by atoms with E-state index in [-0.39, 0.29) is 24.4 Å². The third-order valence-corrected chi connectivity index (χ3v) is 6.64. The van der Waals surface area contributed by atoms with E-state index in [0.717, 1.165) is 0 Å². The number of ether oxygens (including phenoxy) is 2. The fourth-order valence-corrected chi connectivity index (χ4v) is 4.58. The fourth-order valence-electron chi connectivity index (χ4n) is 4.12. The Hall–Kier alpha value is -2.34. The third kappa shape index (κ3) is 4.70. The molecule has 2 aliphatic heterocycles. The second-order valence-corrected chi connectivity index (χ2v) is 10.2. The van der Waals surface area contributed by atoms with Gasteiger partial charge in [-0.15, -0.1) is 5.10 Å². The summed E-state index contributed by atoms with van der Waals surface area (Å²) in [4.78, 5) is 39.3. The third-order valence-electron chi connectivity index (χ3n) is 5.67. The van der Waals surface area contributed by atoms with Crippen molar-refractivity contribution >= 4 is 30.6 Å². The number of amides is 2. The molecule has 2 fully saturated rings. The van der Waals surface area contributed by atoms with Crippen molar-refractivity contribution in [3.8, 4) is 0 Å². The summed E-state index contributed by atoms with van der Waals surface area (Å²) >= 11 is 4.68. The number of aliphatic hydroxyl groups is 1. The van der Waals surface area contributed by atoms with E-state index in [2.05, 4.69) is 28.3 Å². The van der Waals surface area contributed by atoms with Gasteiger partial charge in [-0.05, 0) is 20.8 Å². The van der Waals surface area contributed by atoms with Crippen LogP contribution in [0.2, 0.25) is 0 Å². The van der Waals surface area contributed by atoms with E-state index in [1.54, 1.807) is 31.6 Å². The summed E-state index contributed by atoms with van der Waals surface area (Å²) in [6.07, 6.45) is 1.43. The van der Waals surface area contributed by atoms with Gasteiger partial charge in [0.25, 0.3) is 0 Å². The minimum Gasteiger partial charge on any atom is -0.464 e. The van der Waals surface area contributed by atoms with Crippen LogP contribution in [-0.2, 0) is 32.2 Å². The van der Waals surface area contributed by atoms with Gasteiger partial charge in [0, 0.05) is 23.6 Å². The number of rotatable bonds is 7. The average Bonchev–Trinajstić information content (AvgIpc) is 3.22. The Morgan fingerprint density at radius 1 is 1.34 bits per heavy atom. The van der Waals surface area contributed by atoms with Gasteiger partial charge < -0.3 is 24.8 Å². The number of thiol groups is 1. The second-order valence-electron chi connectivity index (χ2n) is 9.68. The van der Waals surface area contributed by atoms with Crippen LogP contribution >= 0.6 is 12.6 Å². The number of carbonyl (C=O) groups is 3. The number of carbonyl (C=O) groups excluding carboxylic acids is 3. The van der Waals surface area contributed by atoms with Crippen molar-refractivity contribution < 1.29 is 29.0 Å². The number of aryl methyl sites for hydroxylation is 1. The standard InChI is InChI=1S/C20H31N5O6S/c1-19(2,3)31-18(29)21-12-13-15(32)20(4,5)14(25(13)16(12)27)17(28)30-8-6-7-24-9-11(10-26)22-23-24/h9,12-15,26,32H,6-8,10H2,1-5H3,(H,21,29)/t12-,13-,14-,15?/m1/s1. The van der Waals surface area contributed by atoms with E-state index in [0.29, 0.717) is 18.7 Å². The van der Waals surface area contributed by atoms with E-state index in [4.69, 9.17) is 14.6 Å². The van der Waals surface area contributed by atoms with Gasteiger partial charge >= 0.3 is 12.1 Å². The molecular formula is C20H31N5O6S. The van der Waals surface area contributed by atoms with E-state index < -0.39 is 41.2 Å². The molecule has 0 aliphatic carbocycles. The average molecular weight is 470 g/mol. The molecule has 3 rings (SSSR count). The molecule has 2 aliphatic rings. The highest BCUT2D eigenvalue weighted by atomic mass is 32.1. The summed E-state index contributed by atoms with van der Waals surface area (Å²) < 4.78 is 12.3. The van der Waals surface area contributed by atoms with Crippen molar-refractivity contribution in [1.82, 2.24) is 25.2 Å². The molecule has 0 radical (unpaired) electrons. The van der Waals surface area contributed by atoms with Gasteiger partial charge in [-0.25, -0.2) is 9.59 Å². The molecule has 1 unspecified atom stereocenters. The van der Waals surface area contributed by atoms with Crippen LogP contribution in [-0.4, -0.2) is 78.6 Å². The van der Waals surface area contributed by atoms with Crippen LogP contribution in [0, 0.1) is 5.41 Å². The lowest BCUT2D eigenvalue weighted by atomic mass is 9.82. The van der Waals surface area contributed by atoms with Gasteiger partial charge in [0.1, 0.15) is 23.4 Å². The van der Waals surface area contributed by atoms with Crippen LogP contribution in [0.4, 0.5) is 4.79 Å². The summed E-state index contributed by atoms with van der Waals surface area (Å²) in [7, 11) is 0. The smallest absolute Gasteiger partial charge is 0.408 e. The maximum Gasteiger partial charge on any atom is 0.408 e. The Morgan fingerprint density at radius 2 is 2.03 bits per heavy atom. The summed E-state index contributed by atoms with van der Waals surface area (Å²) in [6, 6.07) is -2.03. The zero-order valence-electron chi connectivity index (χ0n) is 18.9. The first-order valence-corrected chi connectivity index (χ1v) is 11.0. The van der Waals surface area contributed by atoms with Crippen LogP contribution in [0.5, 0.6) is 0 Å². The number of fused-ring (bicyclic) bond motifs is 1. The van der Waals surface area contributed by atoms with Gasteiger partial charge in [-0.3, -0.25) is 9.48 Å². The minimum atomic E-state index is -0.799. The van der Waals surface area contributed by atoms with Crippen molar-refractivity contribution in [3.05, 3.63) is 11.9 Å². The monoisotopic (exact) mass is 469 g/mol. The second kappa shape index (κ2) is 8.89. The highest BCUT2D eigenvalue weighted by Gasteiger charge is 2.68. The zero-order valence-corrected chi connectivity index (χ0v) is 19.8. The maximum absolute atomic E-state index is 12.9. The molecule has 0 bridgehead atoms. The quantitative estimate of drug-likeness (QED) is 0.228. The number of nitrogens with zero attached hydrogens (tertiary/aromatic N) is 4. The molecule has 1 aromatic heterocycles. The molecule has 2 saturated heterocycles. The predicted molar refractivity (Wildman–Crippen MR) is 116 cm³/mol. The first-order valence-electron chi connectivity index (χ1n) is 10.5. The lowest BCUT2D eigenvalue weighted by molar-refractivity contribution is -0.165. The van der Waals surface area contributed by atoms with Gasteiger partial charge in [0.05, 0.1) is 25.5 Å². The minimum absolute atomic E-state index is 0.142. The molecule has 2 amide bonds. The van der Waals surface area contributed by atoms with E-state index in [1.807, 2.05) is 13.8 Å². The number of esters is 1. The van der Waals surface area contributed by atoms with Crippen LogP contribution in [0.15, 0.2) is 6.20 Å². The van der Waals surface area contributed by atoms with Crippen LogP contribution in [0.3, 0.4) is 0 Å². The first kappa shape index (κ1) is 24.3. The molecule has 0 aromatic carbocycles. The van der Waals surface area contributed by atoms with Gasteiger partial charge in [-0.2, -0.15) is 12.6 Å². The van der Waals surface area contributed by atoms with Gasteiger partial charge in [0.15, 0.2) is 0 Å². The highest BCUT2D eigenvalue weighted by Crippen LogP contribution is 2.49. The number of aromatic nitrogens is 3. The molecule has 0 spiro atoms. The maximum atomic E-state index is 12.9. The van der Waals surface area contributed by atoms with E-state index >= 15 is 0 Å². The molecule has 2 N–H and O–H groups in total. The number of alkyl carbamates (subject to hydrolysis) is 1. The van der Waals surface area contributed by atoms with E-state index in [9.17, 15) is 14.4 Å². The fraction of sp³-hybridized carbons (Fsp3) is 0.750. The Labute approximate surface area is 192 Å². The summed E-state index contributed by atoms with van der Waals surface area (Å²) in [5.74, 6) is -0.859. The molecule has 32 heavy (non-hydrogen) atoms. The Morgan fingerprint density at radius 3 is 2.62 bits per heavy atom. The van der Waals surface area contributed by atoms with Gasteiger partial charge in [-0.1, -0.05) is 19.1 Å². The molecule has 178 valence electrons. The number of hydrogen-bond acceptors (Lipinski definition) is 9. The molecule has 0 saturated carbocycles. The number of aliphatic hydroxyl groups excluding tert-OH is 1. The first-order chi connectivity index (χ1) is 14.9. The summed E-state index contributed by atoms with van der Waals surface area (Å²) in [5.41, 5.74) is -0.886. The van der Waals surface area contributed by atoms with Crippen LogP contribution < -0.4 is 5.32 Å². The summed E-state index contributed by atoms with van der Waals surface area (Å²) in [6.45, 7) is 9.36. The molecule has 11 nitrogen and oxygen atoms in total. The van der Waals surface area contributed by atoms with Crippen LogP contribution in [0.25, 0.3) is 0 Å². The largest absolute Gasteiger partial charge is 0.464 e. The van der Waals surface area contributed by atoms with Crippen LogP contribution in [0.1, 0.15) is 46.7 Å².